The van der Waals surface area contributed by atoms with E-state index in [1.165, 1.54) is 10.9 Å². The molecule has 0 aliphatic heterocycles. The van der Waals surface area contributed by atoms with Gasteiger partial charge in [-0.3, -0.25) is 0 Å². The number of fused-ring (bicyclic) bond motifs is 1. The van der Waals surface area contributed by atoms with E-state index in [-0.39, 0.29) is 0 Å². The molecule has 0 N–H and O–H groups in total. The highest BCUT2D eigenvalue weighted by atomic mass is 79.9. The maximum Gasteiger partial charge on any atom is 0.222 e. The zero-order valence-corrected chi connectivity index (χ0v) is 17.2. The van der Waals surface area contributed by atoms with Crippen LogP contribution in [-0.2, 0) is 7.05 Å². The van der Waals surface area contributed by atoms with Crippen LogP contribution < -0.4 is 4.74 Å². The average Bonchev–Trinajstić information content (AvgIpc) is 2.89. The quantitative estimate of drug-likeness (QED) is 0.566. The monoisotopic (exact) mass is 401 g/mol. The molecule has 0 bridgehead atoms. The Morgan fingerprint density at radius 3 is 2.40 bits per heavy atom. The number of methoxy groups -OCH3 is 1. The minimum atomic E-state index is 0.350. The summed E-state index contributed by atoms with van der Waals surface area (Å²) in [4.78, 5) is 9.58. The third-order valence-electron chi connectivity index (χ3n) is 4.48. The lowest BCUT2D eigenvalue weighted by Crippen LogP contribution is -2.00. The van der Waals surface area contributed by atoms with E-state index < -0.39 is 0 Å². The van der Waals surface area contributed by atoms with Crippen molar-refractivity contribution in [3.05, 3.63) is 40.1 Å². The van der Waals surface area contributed by atoms with Crippen molar-refractivity contribution in [2.24, 2.45) is 7.05 Å². The first-order valence-corrected chi connectivity index (χ1v) is 9.33. The van der Waals surface area contributed by atoms with Crippen molar-refractivity contribution >= 4 is 27.0 Å². The molecule has 0 radical (unpaired) electrons. The number of aromatic nitrogens is 3. The van der Waals surface area contributed by atoms with Crippen LogP contribution in [0.2, 0.25) is 0 Å². The minimum absolute atomic E-state index is 0.350. The van der Waals surface area contributed by atoms with E-state index in [4.69, 9.17) is 9.72 Å². The summed E-state index contributed by atoms with van der Waals surface area (Å²) in [5, 5.41) is 1.18. The molecule has 3 aromatic heterocycles. The number of aryl methyl sites for hydroxylation is 1. The first-order chi connectivity index (χ1) is 11.8. The Kier molecular flexibility index (Phi) is 4.87. The van der Waals surface area contributed by atoms with E-state index >= 15 is 0 Å². The molecule has 0 saturated carbocycles. The second-order valence-corrected chi connectivity index (χ2v) is 7.84. The lowest BCUT2D eigenvalue weighted by molar-refractivity contribution is 0.397. The molecule has 4 nitrogen and oxygen atoms in total. The lowest BCUT2D eigenvalue weighted by Gasteiger charge is -2.13. The largest absolute Gasteiger partial charge is 0.480 e. The molecular formula is C20H24BrN3O. The van der Waals surface area contributed by atoms with Crippen molar-refractivity contribution < 1.29 is 4.74 Å². The normalized spacial score (nSPS) is 11.7. The lowest BCUT2D eigenvalue weighted by atomic mass is 10.0. The molecule has 0 atom stereocenters. The smallest absolute Gasteiger partial charge is 0.222 e. The van der Waals surface area contributed by atoms with Gasteiger partial charge in [-0.15, -0.1) is 0 Å². The summed E-state index contributed by atoms with van der Waals surface area (Å²) in [6, 6.07) is 6.25. The third kappa shape index (κ3) is 3.17. The fourth-order valence-corrected chi connectivity index (χ4v) is 3.59. The predicted molar refractivity (Wildman–Crippen MR) is 106 cm³/mol. The molecule has 0 spiro atoms. The highest BCUT2D eigenvalue weighted by molar-refractivity contribution is 9.10. The van der Waals surface area contributed by atoms with Crippen LogP contribution in [0, 0.1) is 0 Å². The predicted octanol–water partition coefficient (Wildman–Crippen LogP) is 5.65. The van der Waals surface area contributed by atoms with Gasteiger partial charge in [0, 0.05) is 28.8 Å². The van der Waals surface area contributed by atoms with Crippen LogP contribution in [0.3, 0.4) is 0 Å². The molecule has 0 fully saturated rings. The number of halogens is 1. The topological polar surface area (TPSA) is 39.9 Å². The molecule has 0 amide bonds. The molecule has 0 aliphatic rings. The Morgan fingerprint density at radius 1 is 1.08 bits per heavy atom. The third-order valence-corrected chi connectivity index (χ3v) is 5.08. The zero-order valence-electron chi connectivity index (χ0n) is 15.6. The summed E-state index contributed by atoms with van der Waals surface area (Å²) < 4.78 is 8.59. The van der Waals surface area contributed by atoms with E-state index in [1.54, 1.807) is 7.11 Å². The van der Waals surface area contributed by atoms with Gasteiger partial charge < -0.3 is 9.30 Å². The fourth-order valence-electron chi connectivity index (χ4n) is 3.06. The molecule has 25 heavy (non-hydrogen) atoms. The molecule has 0 saturated heterocycles. The van der Waals surface area contributed by atoms with E-state index in [2.05, 4.69) is 65.4 Å². The van der Waals surface area contributed by atoms with Crippen molar-refractivity contribution in [1.29, 1.82) is 0 Å². The van der Waals surface area contributed by atoms with Crippen LogP contribution in [-0.4, -0.2) is 21.6 Å². The number of pyridine rings is 2. The highest BCUT2D eigenvalue weighted by Gasteiger charge is 2.18. The second-order valence-electron chi connectivity index (χ2n) is 6.99. The van der Waals surface area contributed by atoms with Crippen LogP contribution in [0.5, 0.6) is 5.88 Å². The summed E-state index contributed by atoms with van der Waals surface area (Å²) in [7, 11) is 3.69. The summed E-state index contributed by atoms with van der Waals surface area (Å²) >= 11 is 3.70. The van der Waals surface area contributed by atoms with E-state index in [9.17, 15) is 0 Å². The van der Waals surface area contributed by atoms with Gasteiger partial charge in [0.2, 0.25) is 5.88 Å². The van der Waals surface area contributed by atoms with E-state index in [0.717, 1.165) is 27.1 Å². The van der Waals surface area contributed by atoms with Gasteiger partial charge in [-0.1, -0.05) is 27.7 Å². The van der Waals surface area contributed by atoms with Gasteiger partial charge in [-0.2, -0.15) is 0 Å². The molecule has 3 rings (SSSR count). The first-order valence-electron chi connectivity index (χ1n) is 8.54. The number of ether oxygens (including phenoxy) is 1. The minimum Gasteiger partial charge on any atom is -0.480 e. The van der Waals surface area contributed by atoms with Gasteiger partial charge in [0.1, 0.15) is 5.65 Å². The summed E-state index contributed by atoms with van der Waals surface area (Å²) in [6.45, 7) is 8.65. The molecule has 0 aliphatic carbocycles. The summed E-state index contributed by atoms with van der Waals surface area (Å²) in [5.41, 5.74) is 5.03. The number of rotatable bonds is 4. The van der Waals surface area contributed by atoms with Crippen molar-refractivity contribution in [3.8, 4) is 17.1 Å². The number of hydrogen-bond donors (Lipinski definition) is 0. The van der Waals surface area contributed by atoms with Crippen LogP contribution >= 0.6 is 15.9 Å². The van der Waals surface area contributed by atoms with Gasteiger partial charge in [0.25, 0.3) is 0 Å². The molecule has 3 heterocycles. The number of nitrogens with zero attached hydrogens (tertiary/aromatic N) is 3. The fraction of sp³-hybridized carbons (Fsp3) is 0.400. The second kappa shape index (κ2) is 6.79. The first kappa shape index (κ1) is 17.9. The van der Waals surface area contributed by atoms with Crippen LogP contribution in [0.4, 0.5) is 0 Å². The maximum absolute atomic E-state index is 5.55. The molecular weight excluding hydrogens is 378 g/mol. The van der Waals surface area contributed by atoms with Crippen LogP contribution in [0.1, 0.15) is 50.8 Å². The van der Waals surface area contributed by atoms with E-state index in [1.807, 2.05) is 19.2 Å². The molecule has 3 aromatic rings. The van der Waals surface area contributed by atoms with Crippen molar-refractivity contribution in [2.45, 2.75) is 39.5 Å². The van der Waals surface area contributed by atoms with Crippen molar-refractivity contribution in [2.75, 3.05) is 7.11 Å². The maximum atomic E-state index is 5.55. The molecule has 5 heteroatoms. The zero-order chi connectivity index (χ0) is 18.3. The Balaban J connectivity index is 2.23. The van der Waals surface area contributed by atoms with Crippen LogP contribution in [0.25, 0.3) is 22.3 Å². The summed E-state index contributed by atoms with van der Waals surface area (Å²) in [6.07, 6.45) is 2.16. The van der Waals surface area contributed by atoms with Gasteiger partial charge in [-0.25, -0.2) is 9.97 Å². The molecule has 0 aromatic carbocycles. The van der Waals surface area contributed by atoms with Gasteiger partial charge in [-0.05, 0) is 51.5 Å². The molecule has 0 unspecified atom stereocenters. The standard InChI is InChI=1S/C20H24BrN3O/c1-11(2)15-10-24(5)19-14(15)9-16(21)18(23-19)13-7-8-17(12(3)4)22-20(13)25-6/h7-12H,1-6H3. The van der Waals surface area contributed by atoms with Crippen molar-refractivity contribution in [3.63, 3.8) is 0 Å². The van der Waals surface area contributed by atoms with Gasteiger partial charge >= 0.3 is 0 Å². The summed E-state index contributed by atoms with van der Waals surface area (Å²) in [5.74, 6) is 1.41. The van der Waals surface area contributed by atoms with Gasteiger partial charge in [0.05, 0.1) is 18.4 Å². The highest BCUT2D eigenvalue weighted by Crippen LogP contribution is 2.37. The molecule has 132 valence electrons. The number of hydrogen-bond acceptors (Lipinski definition) is 3. The van der Waals surface area contributed by atoms with Crippen LogP contribution in [0.15, 0.2) is 28.9 Å². The van der Waals surface area contributed by atoms with E-state index in [0.29, 0.717) is 17.7 Å². The Labute approximate surface area is 157 Å². The SMILES string of the molecule is COc1nc(C(C)C)ccc1-c1nc2c(cc1Br)c(C(C)C)cn2C. The average molecular weight is 402 g/mol. The Bertz CT molecular complexity index is 928. The Hall–Kier alpha value is -1.88. The van der Waals surface area contributed by atoms with Gasteiger partial charge in [0.15, 0.2) is 0 Å². The van der Waals surface area contributed by atoms with Crippen molar-refractivity contribution in [1.82, 2.24) is 14.5 Å². The Morgan fingerprint density at radius 2 is 1.80 bits per heavy atom.